The van der Waals surface area contributed by atoms with Crippen molar-refractivity contribution in [1.29, 1.82) is 0 Å². The molecule has 0 fully saturated rings. The molecular weight excluding hydrogens is 210 g/mol. The van der Waals surface area contributed by atoms with Crippen molar-refractivity contribution >= 4 is 11.6 Å². The van der Waals surface area contributed by atoms with Gasteiger partial charge in [0.1, 0.15) is 0 Å². The minimum absolute atomic E-state index is 0.298. The first kappa shape index (κ1) is 10.9. The van der Waals surface area contributed by atoms with E-state index in [1.165, 1.54) is 11.1 Å². The average molecular weight is 226 g/mol. The van der Waals surface area contributed by atoms with Crippen molar-refractivity contribution in [2.24, 2.45) is 0 Å². The molecule has 0 spiro atoms. The second-order valence-electron chi connectivity index (χ2n) is 4.05. The molecule has 0 bridgehead atoms. The van der Waals surface area contributed by atoms with Crippen molar-refractivity contribution in [2.75, 3.05) is 13.2 Å². The summed E-state index contributed by atoms with van der Waals surface area (Å²) >= 11 is 5.95. The van der Waals surface area contributed by atoms with Crippen molar-refractivity contribution < 1.29 is 5.11 Å². The summed E-state index contributed by atoms with van der Waals surface area (Å²) in [6.07, 6.45) is 1.96. The number of hydrogen-bond acceptors (Lipinski definition) is 2. The van der Waals surface area contributed by atoms with E-state index >= 15 is 0 Å². The molecule has 0 saturated carbocycles. The minimum Gasteiger partial charge on any atom is -0.396 e. The molecule has 0 unspecified atom stereocenters. The number of benzene rings is 1. The van der Waals surface area contributed by atoms with Gasteiger partial charge < -0.3 is 5.11 Å². The molecular formula is C12H16ClNO. The lowest BCUT2D eigenvalue weighted by Gasteiger charge is -2.13. The summed E-state index contributed by atoms with van der Waals surface area (Å²) in [6.45, 7) is 3.39. The highest BCUT2D eigenvalue weighted by atomic mass is 35.5. The first-order chi connectivity index (χ1) is 7.29. The van der Waals surface area contributed by atoms with Crippen molar-refractivity contribution in [3.05, 3.63) is 34.3 Å². The van der Waals surface area contributed by atoms with Gasteiger partial charge in [-0.3, -0.25) is 4.90 Å². The van der Waals surface area contributed by atoms with Crippen LogP contribution in [0.3, 0.4) is 0 Å². The Kier molecular flexibility index (Phi) is 3.62. The molecule has 3 heteroatoms. The molecule has 1 N–H and O–H groups in total. The summed E-state index contributed by atoms with van der Waals surface area (Å²) in [5.41, 5.74) is 2.75. The smallest absolute Gasteiger partial charge is 0.0431 e. The van der Waals surface area contributed by atoms with Gasteiger partial charge in [0, 0.05) is 24.7 Å². The Morgan fingerprint density at radius 3 is 2.80 bits per heavy atom. The van der Waals surface area contributed by atoms with E-state index in [4.69, 9.17) is 16.7 Å². The third kappa shape index (κ3) is 2.71. The summed E-state index contributed by atoms with van der Waals surface area (Å²) in [7, 11) is 0. The maximum atomic E-state index is 8.71. The summed E-state index contributed by atoms with van der Waals surface area (Å²) in [5, 5.41) is 9.54. The fourth-order valence-corrected chi connectivity index (χ4v) is 2.23. The van der Waals surface area contributed by atoms with Gasteiger partial charge in [0.15, 0.2) is 0 Å². The highest BCUT2D eigenvalue weighted by Crippen LogP contribution is 2.25. The van der Waals surface area contributed by atoms with Crippen molar-refractivity contribution in [3.63, 3.8) is 0 Å². The molecule has 1 aromatic carbocycles. The molecule has 0 radical (unpaired) electrons. The normalized spacial score (nSPS) is 15.6. The third-order valence-corrected chi connectivity index (χ3v) is 3.07. The fourth-order valence-electron chi connectivity index (χ4n) is 2.04. The molecule has 1 aromatic rings. The van der Waals surface area contributed by atoms with Crippen LogP contribution in [0.25, 0.3) is 0 Å². The Hall–Kier alpha value is -0.570. The van der Waals surface area contributed by atoms with Crippen LogP contribution in [0, 0.1) is 0 Å². The molecule has 0 saturated heterocycles. The van der Waals surface area contributed by atoms with Gasteiger partial charge in [0.25, 0.3) is 0 Å². The number of unbranched alkanes of at least 4 members (excludes halogenated alkanes) is 1. The van der Waals surface area contributed by atoms with Gasteiger partial charge >= 0.3 is 0 Å². The Labute approximate surface area is 95.5 Å². The first-order valence-electron chi connectivity index (χ1n) is 5.40. The number of aliphatic hydroxyl groups excluding tert-OH is 1. The average Bonchev–Trinajstić information content (AvgIpc) is 2.60. The van der Waals surface area contributed by atoms with Crippen molar-refractivity contribution in [2.45, 2.75) is 25.9 Å². The van der Waals surface area contributed by atoms with Crippen LogP contribution in [0.1, 0.15) is 24.0 Å². The summed E-state index contributed by atoms with van der Waals surface area (Å²) in [6, 6.07) is 6.13. The third-order valence-electron chi connectivity index (χ3n) is 2.84. The molecule has 0 atom stereocenters. The Bertz CT molecular complexity index is 340. The summed E-state index contributed by atoms with van der Waals surface area (Å²) < 4.78 is 0. The Balaban J connectivity index is 1.91. The molecule has 2 rings (SSSR count). The van der Waals surface area contributed by atoms with E-state index in [2.05, 4.69) is 17.0 Å². The number of fused-ring (bicyclic) bond motifs is 1. The predicted octanol–water partition coefficient (Wildman–Crippen LogP) is 2.43. The molecule has 15 heavy (non-hydrogen) atoms. The maximum absolute atomic E-state index is 8.71. The van der Waals surface area contributed by atoms with Crippen LogP contribution in [0.15, 0.2) is 18.2 Å². The fraction of sp³-hybridized carbons (Fsp3) is 0.500. The van der Waals surface area contributed by atoms with Crippen LogP contribution >= 0.6 is 11.6 Å². The highest BCUT2D eigenvalue weighted by molar-refractivity contribution is 6.30. The molecule has 2 nitrogen and oxygen atoms in total. The van der Waals surface area contributed by atoms with E-state index in [0.717, 1.165) is 37.5 Å². The van der Waals surface area contributed by atoms with Gasteiger partial charge in [-0.25, -0.2) is 0 Å². The number of halogens is 1. The van der Waals surface area contributed by atoms with E-state index in [1.54, 1.807) is 0 Å². The lowest BCUT2D eigenvalue weighted by Crippen LogP contribution is -2.17. The lowest BCUT2D eigenvalue weighted by atomic mass is 10.1. The van der Waals surface area contributed by atoms with E-state index < -0.39 is 0 Å². The molecule has 1 heterocycles. The molecule has 0 aliphatic carbocycles. The first-order valence-corrected chi connectivity index (χ1v) is 5.78. The minimum atomic E-state index is 0.298. The molecule has 0 amide bonds. The van der Waals surface area contributed by atoms with Crippen LogP contribution in [-0.2, 0) is 13.1 Å². The van der Waals surface area contributed by atoms with E-state index in [-0.39, 0.29) is 0 Å². The second-order valence-corrected chi connectivity index (χ2v) is 4.49. The van der Waals surface area contributed by atoms with Gasteiger partial charge in [-0.2, -0.15) is 0 Å². The van der Waals surface area contributed by atoms with Crippen molar-refractivity contribution in [3.8, 4) is 0 Å². The molecule has 1 aliphatic rings. The van der Waals surface area contributed by atoms with Crippen LogP contribution in [-0.4, -0.2) is 23.2 Å². The molecule has 0 aromatic heterocycles. The highest BCUT2D eigenvalue weighted by Gasteiger charge is 2.17. The molecule has 1 aliphatic heterocycles. The SMILES string of the molecule is OCCCCN1Cc2ccc(Cl)cc2C1. The second kappa shape index (κ2) is 4.97. The van der Waals surface area contributed by atoms with Gasteiger partial charge in [-0.05, 0) is 42.6 Å². The topological polar surface area (TPSA) is 23.5 Å². The van der Waals surface area contributed by atoms with Crippen LogP contribution < -0.4 is 0 Å². The van der Waals surface area contributed by atoms with E-state index in [1.807, 2.05) is 6.07 Å². The van der Waals surface area contributed by atoms with E-state index in [9.17, 15) is 0 Å². The lowest BCUT2D eigenvalue weighted by molar-refractivity contribution is 0.245. The zero-order valence-corrected chi connectivity index (χ0v) is 9.50. The molecule has 82 valence electrons. The zero-order valence-electron chi connectivity index (χ0n) is 8.75. The number of rotatable bonds is 4. The van der Waals surface area contributed by atoms with Crippen LogP contribution in [0.4, 0.5) is 0 Å². The number of nitrogens with zero attached hydrogens (tertiary/aromatic N) is 1. The van der Waals surface area contributed by atoms with Gasteiger partial charge in [-0.15, -0.1) is 0 Å². The monoisotopic (exact) mass is 225 g/mol. The summed E-state index contributed by atoms with van der Waals surface area (Å²) in [5.74, 6) is 0. The van der Waals surface area contributed by atoms with E-state index in [0.29, 0.717) is 6.61 Å². The van der Waals surface area contributed by atoms with Crippen LogP contribution in [0.2, 0.25) is 5.02 Å². The zero-order chi connectivity index (χ0) is 10.7. The van der Waals surface area contributed by atoms with Gasteiger partial charge in [0.2, 0.25) is 0 Å². The summed E-state index contributed by atoms with van der Waals surface area (Å²) in [4.78, 5) is 2.40. The predicted molar refractivity (Wildman–Crippen MR) is 61.9 cm³/mol. The standard InChI is InChI=1S/C12H16ClNO/c13-12-4-3-10-8-14(5-1-2-6-15)9-11(10)7-12/h3-4,7,15H,1-2,5-6,8-9H2. The van der Waals surface area contributed by atoms with Gasteiger partial charge in [-0.1, -0.05) is 17.7 Å². The van der Waals surface area contributed by atoms with Gasteiger partial charge in [0.05, 0.1) is 0 Å². The van der Waals surface area contributed by atoms with Crippen LogP contribution in [0.5, 0.6) is 0 Å². The Morgan fingerprint density at radius 2 is 2.00 bits per heavy atom. The quantitative estimate of drug-likeness (QED) is 0.796. The number of hydrogen-bond donors (Lipinski definition) is 1. The number of aliphatic hydroxyl groups is 1. The Morgan fingerprint density at radius 1 is 1.20 bits per heavy atom. The van der Waals surface area contributed by atoms with Crippen molar-refractivity contribution in [1.82, 2.24) is 4.90 Å². The largest absolute Gasteiger partial charge is 0.396 e. The maximum Gasteiger partial charge on any atom is 0.0431 e.